The SMILES string of the molecule is CCN1CCN(c2ccc(Nc3ncc4cc(-c5cc(OC)cc(OC)c5Cl)c5nnc(C6CC6)n5c4n3)cc2)CC1. The summed E-state index contributed by atoms with van der Waals surface area (Å²) in [5.41, 5.74) is 5.14. The molecule has 3 aromatic heterocycles. The number of hydrogen-bond donors (Lipinski definition) is 1. The Hall–Kier alpha value is -4.15. The summed E-state index contributed by atoms with van der Waals surface area (Å²) in [6, 6.07) is 14.2. The molecule has 5 aromatic rings. The first-order chi connectivity index (χ1) is 20.6. The molecule has 2 aliphatic rings. The Morgan fingerprint density at radius 3 is 2.40 bits per heavy atom. The van der Waals surface area contributed by atoms with Gasteiger partial charge in [0.1, 0.15) is 17.3 Å². The van der Waals surface area contributed by atoms with Gasteiger partial charge in [0, 0.05) is 72.2 Å². The number of benzene rings is 2. The summed E-state index contributed by atoms with van der Waals surface area (Å²) in [5.74, 6) is 2.93. The zero-order chi connectivity index (χ0) is 28.8. The number of hydrogen-bond acceptors (Lipinski definition) is 9. The highest BCUT2D eigenvalue weighted by Gasteiger charge is 2.31. The van der Waals surface area contributed by atoms with Crippen molar-refractivity contribution in [3.63, 3.8) is 0 Å². The highest BCUT2D eigenvalue weighted by Crippen LogP contribution is 2.44. The Bertz CT molecular complexity index is 1760. The molecule has 1 aliphatic carbocycles. The van der Waals surface area contributed by atoms with Gasteiger partial charge in [-0.3, -0.25) is 4.40 Å². The van der Waals surface area contributed by atoms with Crippen molar-refractivity contribution in [1.82, 2.24) is 29.5 Å². The second-order valence-corrected chi connectivity index (χ2v) is 11.2. The first-order valence-electron chi connectivity index (χ1n) is 14.4. The molecule has 1 aliphatic heterocycles. The molecule has 0 radical (unpaired) electrons. The number of likely N-dealkylation sites (N-methyl/N-ethyl adjacent to an activating group) is 1. The van der Waals surface area contributed by atoms with Gasteiger partial charge in [0.2, 0.25) is 5.95 Å². The largest absolute Gasteiger partial charge is 0.497 e. The molecule has 7 rings (SSSR count). The minimum absolute atomic E-state index is 0.354. The van der Waals surface area contributed by atoms with E-state index >= 15 is 0 Å². The maximum Gasteiger partial charge on any atom is 0.229 e. The molecular weight excluding hydrogens is 552 g/mol. The Labute approximate surface area is 249 Å². The van der Waals surface area contributed by atoms with Gasteiger partial charge in [-0.25, -0.2) is 4.98 Å². The molecule has 0 unspecified atom stereocenters. The number of fused-ring (bicyclic) bond motifs is 3. The van der Waals surface area contributed by atoms with Crippen molar-refractivity contribution in [2.45, 2.75) is 25.7 Å². The van der Waals surface area contributed by atoms with Crippen molar-refractivity contribution >= 4 is 45.6 Å². The second kappa shape index (κ2) is 10.9. The van der Waals surface area contributed by atoms with Crippen LogP contribution in [-0.4, -0.2) is 76.4 Å². The summed E-state index contributed by atoms with van der Waals surface area (Å²) in [7, 11) is 3.21. The van der Waals surface area contributed by atoms with Crippen LogP contribution in [0.2, 0.25) is 5.02 Å². The van der Waals surface area contributed by atoms with Gasteiger partial charge < -0.3 is 24.6 Å². The number of halogens is 1. The zero-order valence-electron chi connectivity index (χ0n) is 24.0. The summed E-state index contributed by atoms with van der Waals surface area (Å²) in [5, 5.41) is 13.9. The molecular formula is C31H33ClN8O2. The highest BCUT2D eigenvalue weighted by atomic mass is 35.5. The number of nitrogens with zero attached hydrogens (tertiary/aromatic N) is 7. The molecule has 0 bridgehead atoms. The van der Waals surface area contributed by atoms with E-state index in [1.165, 1.54) is 5.69 Å². The van der Waals surface area contributed by atoms with Crippen LogP contribution in [0.25, 0.3) is 27.8 Å². The summed E-state index contributed by atoms with van der Waals surface area (Å²) in [6.07, 6.45) is 3.99. The lowest BCUT2D eigenvalue weighted by Gasteiger charge is -2.35. The summed E-state index contributed by atoms with van der Waals surface area (Å²) >= 11 is 6.81. The number of methoxy groups -OCH3 is 2. The van der Waals surface area contributed by atoms with Crippen molar-refractivity contribution in [2.75, 3.05) is 57.2 Å². The fourth-order valence-corrected chi connectivity index (χ4v) is 5.96. The Morgan fingerprint density at radius 2 is 1.71 bits per heavy atom. The number of rotatable bonds is 8. The summed E-state index contributed by atoms with van der Waals surface area (Å²) < 4.78 is 13.1. The molecule has 1 saturated carbocycles. The van der Waals surface area contributed by atoms with E-state index in [9.17, 15) is 0 Å². The van der Waals surface area contributed by atoms with Gasteiger partial charge in [-0.1, -0.05) is 18.5 Å². The number of anilines is 3. The average molecular weight is 585 g/mol. The molecule has 0 spiro atoms. The third-order valence-electron chi connectivity index (χ3n) is 8.25. The third kappa shape index (κ3) is 4.84. The number of ether oxygens (including phenoxy) is 2. The lowest BCUT2D eigenvalue weighted by molar-refractivity contribution is 0.271. The predicted molar refractivity (Wildman–Crippen MR) is 166 cm³/mol. The van der Waals surface area contributed by atoms with Crippen molar-refractivity contribution in [3.8, 4) is 22.6 Å². The Kier molecular flexibility index (Phi) is 6.95. The van der Waals surface area contributed by atoms with Gasteiger partial charge in [0.15, 0.2) is 11.3 Å². The maximum absolute atomic E-state index is 6.81. The molecule has 216 valence electrons. The molecule has 1 N–H and O–H groups in total. The van der Waals surface area contributed by atoms with Gasteiger partial charge in [0.25, 0.3) is 0 Å². The molecule has 4 heterocycles. The zero-order valence-corrected chi connectivity index (χ0v) is 24.7. The second-order valence-electron chi connectivity index (χ2n) is 10.8. The summed E-state index contributed by atoms with van der Waals surface area (Å²) in [4.78, 5) is 14.5. The molecule has 10 nitrogen and oxygen atoms in total. The van der Waals surface area contributed by atoms with E-state index in [4.69, 9.17) is 26.1 Å². The van der Waals surface area contributed by atoms with Crippen LogP contribution in [0.3, 0.4) is 0 Å². The molecule has 11 heteroatoms. The predicted octanol–water partition coefficient (Wildman–Crippen LogP) is 5.77. The van der Waals surface area contributed by atoms with Gasteiger partial charge in [-0.2, -0.15) is 4.98 Å². The minimum Gasteiger partial charge on any atom is -0.497 e. The van der Waals surface area contributed by atoms with Crippen LogP contribution in [0, 0.1) is 0 Å². The molecule has 2 fully saturated rings. The summed E-state index contributed by atoms with van der Waals surface area (Å²) in [6.45, 7) is 7.61. The number of aromatic nitrogens is 5. The Balaban J connectivity index is 1.25. The minimum atomic E-state index is 0.354. The van der Waals surface area contributed by atoms with Crippen molar-refractivity contribution in [1.29, 1.82) is 0 Å². The maximum atomic E-state index is 6.81. The van der Waals surface area contributed by atoms with Gasteiger partial charge in [-0.15, -0.1) is 10.2 Å². The average Bonchev–Trinajstić information content (AvgIpc) is 3.78. The normalized spacial score (nSPS) is 15.9. The van der Waals surface area contributed by atoms with Crippen LogP contribution in [0.5, 0.6) is 11.5 Å². The molecule has 2 aromatic carbocycles. The number of nitrogens with one attached hydrogen (secondary N) is 1. The third-order valence-corrected chi connectivity index (χ3v) is 8.64. The fourth-order valence-electron chi connectivity index (χ4n) is 5.67. The van der Waals surface area contributed by atoms with Crippen LogP contribution in [0.15, 0.2) is 48.7 Å². The van der Waals surface area contributed by atoms with Crippen LogP contribution in [0.1, 0.15) is 31.5 Å². The number of pyridine rings is 1. The van der Waals surface area contributed by atoms with Crippen LogP contribution < -0.4 is 19.7 Å². The van der Waals surface area contributed by atoms with Crippen LogP contribution in [-0.2, 0) is 0 Å². The van der Waals surface area contributed by atoms with E-state index in [-0.39, 0.29) is 0 Å². The van der Waals surface area contributed by atoms with Gasteiger partial charge in [-0.05, 0) is 55.8 Å². The smallest absolute Gasteiger partial charge is 0.229 e. The molecule has 42 heavy (non-hydrogen) atoms. The lowest BCUT2D eigenvalue weighted by Crippen LogP contribution is -2.46. The van der Waals surface area contributed by atoms with Crippen molar-refractivity contribution in [3.05, 3.63) is 59.5 Å². The van der Waals surface area contributed by atoms with E-state index in [0.717, 1.165) is 79.2 Å². The lowest BCUT2D eigenvalue weighted by atomic mass is 10.0. The fraction of sp³-hybridized carbons (Fsp3) is 0.355. The van der Waals surface area contributed by atoms with E-state index in [2.05, 4.69) is 65.9 Å². The van der Waals surface area contributed by atoms with E-state index < -0.39 is 0 Å². The molecule has 1 saturated heterocycles. The first-order valence-corrected chi connectivity index (χ1v) is 14.7. The van der Waals surface area contributed by atoms with Crippen LogP contribution in [0.4, 0.5) is 17.3 Å². The first kappa shape index (κ1) is 26.7. The highest BCUT2D eigenvalue weighted by molar-refractivity contribution is 6.35. The molecule has 0 amide bonds. The topological polar surface area (TPSA) is 92.9 Å². The quantitative estimate of drug-likeness (QED) is 0.244. The van der Waals surface area contributed by atoms with E-state index in [0.29, 0.717) is 34.0 Å². The van der Waals surface area contributed by atoms with Crippen molar-refractivity contribution in [2.24, 2.45) is 0 Å². The number of piperazine rings is 1. The van der Waals surface area contributed by atoms with Gasteiger partial charge >= 0.3 is 0 Å². The van der Waals surface area contributed by atoms with Gasteiger partial charge in [0.05, 0.1) is 19.2 Å². The van der Waals surface area contributed by atoms with Crippen molar-refractivity contribution < 1.29 is 9.47 Å². The Morgan fingerprint density at radius 1 is 0.929 bits per heavy atom. The van der Waals surface area contributed by atoms with E-state index in [1.54, 1.807) is 20.3 Å². The van der Waals surface area contributed by atoms with Crippen LogP contribution >= 0.6 is 11.6 Å². The monoisotopic (exact) mass is 584 g/mol. The standard InChI is InChI=1S/C31H33ClN8O2/c1-4-38-11-13-39(14-12-38)22-9-7-21(8-10-22)34-31-33-18-20-15-25(24-16-23(41-2)17-26(42-3)27(24)32)30-37-36-29(19-5-6-19)40(30)28(20)35-31/h7-10,15-19H,4-6,11-14H2,1-3H3,(H,33,34,35). The van der Waals surface area contributed by atoms with E-state index in [1.807, 2.05) is 18.3 Å². The molecule has 0 atom stereocenters.